The van der Waals surface area contributed by atoms with Gasteiger partial charge in [0.1, 0.15) is 11.4 Å². The van der Waals surface area contributed by atoms with Crippen molar-refractivity contribution in [2.24, 2.45) is 0 Å². The van der Waals surface area contributed by atoms with Gasteiger partial charge in [0.15, 0.2) is 0 Å². The summed E-state index contributed by atoms with van der Waals surface area (Å²) in [4.78, 5) is 41.6. The van der Waals surface area contributed by atoms with Crippen molar-refractivity contribution in [2.45, 2.75) is 13.5 Å². The number of benzene rings is 1. The Morgan fingerprint density at radius 2 is 1.96 bits per heavy atom. The number of fused-ring (bicyclic) bond motifs is 1. The van der Waals surface area contributed by atoms with Crippen LogP contribution in [0.1, 0.15) is 5.56 Å². The predicted molar refractivity (Wildman–Crippen MR) is 96.7 cm³/mol. The molecule has 7 nitrogen and oxygen atoms in total. The highest BCUT2D eigenvalue weighted by atomic mass is 32.1. The normalized spacial score (nSPS) is 10.6. The number of carbonyl (C=O) groups is 2. The molecule has 0 aliphatic carbocycles. The van der Waals surface area contributed by atoms with Crippen molar-refractivity contribution in [1.82, 2.24) is 20.2 Å². The minimum atomic E-state index is -0.620. The van der Waals surface area contributed by atoms with E-state index in [0.29, 0.717) is 10.2 Å². The van der Waals surface area contributed by atoms with Crippen LogP contribution in [-0.4, -0.2) is 28.5 Å². The summed E-state index contributed by atoms with van der Waals surface area (Å²) in [5.74, 6) is -0.584. The highest BCUT2D eigenvalue weighted by Gasteiger charge is 2.17. The van der Waals surface area contributed by atoms with Gasteiger partial charge in [-0.05, 0) is 18.1 Å². The number of imide groups is 1. The van der Waals surface area contributed by atoms with E-state index in [-0.39, 0.29) is 12.1 Å². The van der Waals surface area contributed by atoms with Gasteiger partial charge in [-0.25, -0.2) is 9.78 Å². The van der Waals surface area contributed by atoms with E-state index in [1.54, 1.807) is 0 Å². The Labute approximate surface area is 147 Å². The molecule has 2 N–H and O–H groups in total. The number of nitrogens with zero attached hydrogens (tertiary/aromatic N) is 2. The lowest BCUT2D eigenvalue weighted by Gasteiger charge is -2.06. The van der Waals surface area contributed by atoms with Crippen molar-refractivity contribution < 1.29 is 9.59 Å². The molecule has 0 saturated heterocycles. The molecule has 2 aromatic heterocycles. The van der Waals surface area contributed by atoms with Crippen molar-refractivity contribution in [3.05, 3.63) is 52.6 Å². The largest absolute Gasteiger partial charge is 0.341 e. The molecule has 0 aliphatic heterocycles. The molecule has 3 amide bonds. The van der Waals surface area contributed by atoms with E-state index in [1.165, 1.54) is 29.3 Å². The Morgan fingerprint density at radius 3 is 2.64 bits per heavy atom. The van der Waals surface area contributed by atoms with E-state index in [2.05, 4.69) is 15.6 Å². The lowest BCUT2D eigenvalue weighted by molar-refractivity contribution is -0.120. The van der Waals surface area contributed by atoms with Gasteiger partial charge in [0.05, 0.1) is 11.7 Å². The van der Waals surface area contributed by atoms with Gasteiger partial charge in [-0.15, -0.1) is 11.3 Å². The van der Waals surface area contributed by atoms with E-state index in [0.717, 1.165) is 16.0 Å². The minimum Gasteiger partial charge on any atom is -0.341 e. The van der Waals surface area contributed by atoms with Crippen molar-refractivity contribution in [3.8, 4) is 10.4 Å². The fraction of sp³-hybridized carbons (Fsp3) is 0.176. The summed E-state index contributed by atoms with van der Waals surface area (Å²) >= 11 is 1.44. The fourth-order valence-electron chi connectivity index (χ4n) is 2.52. The number of amides is 3. The molecule has 0 unspecified atom stereocenters. The lowest BCUT2D eigenvalue weighted by Crippen LogP contribution is -2.40. The molecule has 3 aromatic rings. The van der Waals surface area contributed by atoms with E-state index in [4.69, 9.17) is 0 Å². The van der Waals surface area contributed by atoms with Crippen LogP contribution in [0.5, 0.6) is 0 Å². The maximum atomic E-state index is 12.7. The van der Waals surface area contributed by atoms with Crippen LogP contribution in [0.3, 0.4) is 0 Å². The molecular formula is C17H16N4O3S. The first-order valence-electron chi connectivity index (χ1n) is 7.56. The van der Waals surface area contributed by atoms with E-state index in [1.807, 2.05) is 37.3 Å². The number of thiophene rings is 1. The third-order valence-electron chi connectivity index (χ3n) is 3.75. The first-order chi connectivity index (χ1) is 12.0. The smallest absolute Gasteiger partial charge is 0.321 e. The van der Waals surface area contributed by atoms with E-state index >= 15 is 0 Å². The van der Waals surface area contributed by atoms with Gasteiger partial charge in [0, 0.05) is 11.9 Å². The fourth-order valence-corrected chi connectivity index (χ4v) is 3.66. The van der Waals surface area contributed by atoms with Gasteiger partial charge in [-0.3, -0.25) is 19.5 Å². The zero-order valence-electron chi connectivity index (χ0n) is 13.7. The molecule has 3 rings (SSSR count). The number of aryl methyl sites for hydroxylation is 1. The molecule has 0 atom stereocenters. The number of hydrogen-bond donors (Lipinski definition) is 2. The topological polar surface area (TPSA) is 93.1 Å². The average molecular weight is 356 g/mol. The molecule has 0 radical (unpaired) electrons. The highest BCUT2D eigenvalue weighted by Crippen LogP contribution is 2.35. The second-order valence-corrected chi connectivity index (χ2v) is 6.41. The lowest BCUT2D eigenvalue weighted by atomic mass is 10.1. The standard InChI is InChI=1S/C17H16N4O3S/c1-10-13-15(25-14(10)11-6-4-3-5-7-11)19-9-21(16(13)23)8-12(22)20-17(24)18-2/h3-7,9H,8H2,1-2H3,(H2,18,20,22,24). The maximum absolute atomic E-state index is 12.7. The summed E-state index contributed by atoms with van der Waals surface area (Å²) < 4.78 is 1.20. The Balaban J connectivity index is 2.00. The van der Waals surface area contributed by atoms with Crippen LogP contribution in [0.15, 0.2) is 41.5 Å². The number of hydrogen-bond acceptors (Lipinski definition) is 5. The second-order valence-electron chi connectivity index (χ2n) is 5.41. The van der Waals surface area contributed by atoms with Crippen LogP contribution in [-0.2, 0) is 11.3 Å². The summed E-state index contributed by atoms with van der Waals surface area (Å²) in [5.41, 5.74) is 1.56. The third-order valence-corrected chi connectivity index (χ3v) is 5.00. The molecule has 1 aromatic carbocycles. The van der Waals surface area contributed by atoms with Crippen LogP contribution in [0.25, 0.3) is 20.7 Å². The summed E-state index contributed by atoms with van der Waals surface area (Å²) in [6.07, 6.45) is 1.33. The summed E-state index contributed by atoms with van der Waals surface area (Å²) in [7, 11) is 1.40. The number of aromatic nitrogens is 2. The average Bonchev–Trinajstić information content (AvgIpc) is 2.95. The van der Waals surface area contributed by atoms with Crippen molar-refractivity contribution in [2.75, 3.05) is 7.05 Å². The van der Waals surface area contributed by atoms with Gasteiger partial charge in [-0.2, -0.15) is 0 Å². The monoisotopic (exact) mass is 356 g/mol. The van der Waals surface area contributed by atoms with Crippen molar-refractivity contribution >= 4 is 33.5 Å². The number of urea groups is 1. The number of rotatable bonds is 3. The van der Waals surface area contributed by atoms with Gasteiger partial charge in [-0.1, -0.05) is 30.3 Å². The Hall–Kier alpha value is -3.00. The van der Waals surface area contributed by atoms with Crippen LogP contribution < -0.4 is 16.2 Å². The predicted octanol–water partition coefficient (Wildman–Crippen LogP) is 1.89. The zero-order chi connectivity index (χ0) is 18.0. The van der Waals surface area contributed by atoms with Gasteiger partial charge in [0.25, 0.3) is 5.56 Å². The second kappa shape index (κ2) is 6.86. The molecule has 0 saturated carbocycles. The number of carbonyl (C=O) groups excluding carboxylic acids is 2. The molecule has 8 heteroatoms. The molecule has 0 spiro atoms. The Bertz CT molecular complexity index is 1010. The molecule has 0 bridgehead atoms. The summed E-state index contributed by atoms with van der Waals surface area (Å²) in [6, 6.07) is 9.15. The minimum absolute atomic E-state index is 0.273. The summed E-state index contributed by atoms with van der Waals surface area (Å²) in [6.45, 7) is 1.60. The van der Waals surface area contributed by atoms with Crippen molar-refractivity contribution in [3.63, 3.8) is 0 Å². The van der Waals surface area contributed by atoms with E-state index in [9.17, 15) is 14.4 Å². The highest BCUT2D eigenvalue weighted by molar-refractivity contribution is 7.22. The molecule has 0 aliphatic rings. The van der Waals surface area contributed by atoms with Crippen LogP contribution >= 0.6 is 11.3 Å². The Kier molecular flexibility index (Phi) is 4.62. The SMILES string of the molecule is CNC(=O)NC(=O)Cn1cnc2sc(-c3ccccc3)c(C)c2c1=O. The van der Waals surface area contributed by atoms with Gasteiger partial charge >= 0.3 is 6.03 Å². The quantitative estimate of drug-likeness (QED) is 0.749. The van der Waals surface area contributed by atoms with Crippen LogP contribution in [0.4, 0.5) is 4.79 Å². The molecular weight excluding hydrogens is 340 g/mol. The molecule has 2 heterocycles. The maximum Gasteiger partial charge on any atom is 0.321 e. The van der Waals surface area contributed by atoms with Crippen LogP contribution in [0.2, 0.25) is 0 Å². The molecule has 128 valence electrons. The van der Waals surface area contributed by atoms with Gasteiger partial charge < -0.3 is 5.32 Å². The zero-order valence-corrected chi connectivity index (χ0v) is 14.5. The molecule has 25 heavy (non-hydrogen) atoms. The van der Waals surface area contributed by atoms with Crippen LogP contribution in [0, 0.1) is 6.92 Å². The molecule has 0 fully saturated rings. The van der Waals surface area contributed by atoms with Crippen molar-refractivity contribution in [1.29, 1.82) is 0 Å². The summed E-state index contributed by atoms with van der Waals surface area (Å²) in [5, 5.41) is 4.91. The number of nitrogens with one attached hydrogen (secondary N) is 2. The third kappa shape index (κ3) is 3.29. The van der Waals surface area contributed by atoms with E-state index < -0.39 is 11.9 Å². The first kappa shape index (κ1) is 16.8. The first-order valence-corrected chi connectivity index (χ1v) is 8.38. The Morgan fingerprint density at radius 1 is 1.24 bits per heavy atom. The van der Waals surface area contributed by atoms with Gasteiger partial charge in [0.2, 0.25) is 5.91 Å².